The van der Waals surface area contributed by atoms with Gasteiger partial charge in [0.15, 0.2) is 0 Å². The summed E-state index contributed by atoms with van der Waals surface area (Å²) in [7, 11) is 0. The maximum absolute atomic E-state index is 6.17. The van der Waals surface area contributed by atoms with Crippen molar-refractivity contribution in [1.82, 2.24) is 4.98 Å². The maximum atomic E-state index is 6.17. The number of aromatic nitrogens is 1. The lowest BCUT2D eigenvalue weighted by Crippen LogP contribution is -2.27. The van der Waals surface area contributed by atoms with Crippen LogP contribution in [0, 0.1) is 13.8 Å². The number of anilines is 1. The molecule has 15 heavy (non-hydrogen) atoms. The van der Waals surface area contributed by atoms with Gasteiger partial charge in [-0.15, -0.1) is 11.6 Å². The Bertz CT molecular complexity index is 344. The molecule has 0 bridgehead atoms. The monoisotopic (exact) mass is 224 g/mol. The van der Waals surface area contributed by atoms with Crippen molar-refractivity contribution in [3.05, 3.63) is 23.5 Å². The molecule has 0 aliphatic carbocycles. The molecule has 2 heterocycles. The van der Waals surface area contributed by atoms with Crippen molar-refractivity contribution in [2.45, 2.75) is 38.6 Å². The summed E-state index contributed by atoms with van der Waals surface area (Å²) in [6.45, 7) is 7.25. The van der Waals surface area contributed by atoms with Crippen molar-refractivity contribution in [3.8, 4) is 0 Å². The van der Waals surface area contributed by atoms with Gasteiger partial charge >= 0.3 is 0 Å². The van der Waals surface area contributed by atoms with Gasteiger partial charge in [-0.05, 0) is 39.3 Å². The van der Waals surface area contributed by atoms with Crippen LogP contribution in [0.5, 0.6) is 0 Å². The molecule has 0 radical (unpaired) electrons. The predicted molar refractivity (Wildman–Crippen MR) is 64.8 cm³/mol. The van der Waals surface area contributed by atoms with E-state index in [0.29, 0.717) is 6.04 Å². The molecule has 0 N–H and O–H groups in total. The van der Waals surface area contributed by atoms with Crippen LogP contribution in [-0.4, -0.2) is 22.9 Å². The van der Waals surface area contributed by atoms with Gasteiger partial charge in [-0.2, -0.15) is 0 Å². The van der Waals surface area contributed by atoms with Crippen molar-refractivity contribution in [1.29, 1.82) is 0 Å². The Hall–Kier alpha value is -0.760. The molecule has 2 atom stereocenters. The minimum Gasteiger partial charge on any atom is -0.367 e. The van der Waals surface area contributed by atoms with E-state index in [9.17, 15) is 0 Å². The molecule has 0 aromatic carbocycles. The van der Waals surface area contributed by atoms with Gasteiger partial charge in [-0.3, -0.25) is 4.98 Å². The third kappa shape index (κ3) is 2.25. The summed E-state index contributed by atoms with van der Waals surface area (Å²) in [5, 5.41) is 0.286. The second-order valence-corrected chi connectivity index (χ2v) is 5.06. The molecular formula is C12H17ClN2. The highest BCUT2D eigenvalue weighted by Gasteiger charge is 2.27. The zero-order valence-corrected chi connectivity index (χ0v) is 10.3. The first kappa shape index (κ1) is 10.7. The minimum atomic E-state index is 0.286. The molecule has 1 aromatic heterocycles. The average Bonchev–Trinajstić information content (AvgIpc) is 2.43. The topological polar surface area (TPSA) is 16.1 Å². The number of aryl methyl sites for hydroxylation is 2. The van der Waals surface area contributed by atoms with Crippen LogP contribution < -0.4 is 4.90 Å². The molecule has 1 aliphatic heterocycles. The summed E-state index contributed by atoms with van der Waals surface area (Å²) in [5.74, 6) is 0. The second kappa shape index (κ2) is 4.01. The molecule has 2 unspecified atom stereocenters. The lowest BCUT2D eigenvalue weighted by atomic mass is 10.2. The molecule has 1 aromatic rings. The zero-order chi connectivity index (χ0) is 11.0. The van der Waals surface area contributed by atoms with Crippen LogP contribution >= 0.6 is 11.6 Å². The Morgan fingerprint density at radius 2 is 1.93 bits per heavy atom. The average molecular weight is 225 g/mol. The third-order valence-electron chi connectivity index (χ3n) is 2.92. The highest BCUT2D eigenvalue weighted by molar-refractivity contribution is 6.21. The number of nitrogens with zero attached hydrogens (tertiary/aromatic N) is 2. The molecular weight excluding hydrogens is 208 g/mol. The Morgan fingerprint density at radius 1 is 1.33 bits per heavy atom. The highest BCUT2D eigenvalue weighted by atomic mass is 35.5. The molecule has 0 spiro atoms. The molecule has 1 fully saturated rings. The van der Waals surface area contributed by atoms with E-state index in [4.69, 9.17) is 11.6 Å². The first-order valence-corrected chi connectivity index (χ1v) is 5.86. The number of hydrogen-bond acceptors (Lipinski definition) is 2. The summed E-state index contributed by atoms with van der Waals surface area (Å²) in [6, 6.07) is 4.81. The SMILES string of the molecule is Cc1cc(N2CC(Cl)CC2C)cc(C)n1. The number of pyridine rings is 1. The lowest BCUT2D eigenvalue weighted by molar-refractivity contribution is 0.735. The molecule has 0 saturated carbocycles. The van der Waals surface area contributed by atoms with Gasteiger partial charge in [0.2, 0.25) is 0 Å². The third-order valence-corrected chi connectivity index (χ3v) is 3.24. The summed E-state index contributed by atoms with van der Waals surface area (Å²) < 4.78 is 0. The van der Waals surface area contributed by atoms with E-state index in [2.05, 4.69) is 28.9 Å². The van der Waals surface area contributed by atoms with E-state index in [1.54, 1.807) is 0 Å². The normalized spacial score (nSPS) is 26.0. The van der Waals surface area contributed by atoms with Crippen LogP contribution in [0.25, 0.3) is 0 Å². The van der Waals surface area contributed by atoms with E-state index in [1.807, 2.05) is 13.8 Å². The lowest BCUT2D eigenvalue weighted by Gasteiger charge is -2.24. The largest absolute Gasteiger partial charge is 0.367 e. The van der Waals surface area contributed by atoms with E-state index >= 15 is 0 Å². The molecule has 1 saturated heterocycles. The van der Waals surface area contributed by atoms with Gasteiger partial charge in [0.1, 0.15) is 0 Å². The molecule has 2 rings (SSSR count). The Balaban J connectivity index is 2.29. The standard InChI is InChI=1S/C12H17ClN2/c1-8-4-12(5-9(2)14-8)15-7-11(13)6-10(15)3/h4-5,10-11H,6-7H2,1-3H3. The van der Waals surface area contributed by atoms with Gasteiger partial charge < -0.3 is 4.90 Å². The van der Waals surface area contributed by atoms with Gasteiger partial charge in [0.05, 0.1) is 5.38 Å². The molecule has 1 aliphatic rings. The number of halogens is 1. The van der Waals surface area contributed by atoms with E-state index in [-0.39, 0.29) is 5.38 Å². The van der Waals surface area contributed by atoms with E-state index in [1.165, 1.54) is 5.69 Å². The van der Waals surface area contributed by atoms with Gasteiger partial charge in [0.25, 0.3) is 0 Å². The fourth-order valence-electron chi connectivity index (χ4n) is 2.30. The predicted octanol–water partition coefficient (Wildman–Crippen LogP) is 2.90. The highest BCUT2D eigenvalue weighted by Crippen LogP contribution is 2.28. The Labute approximate surface area is 96.3 Å². The van der Waals surface area contributed by atoms with Gasteiger partial charge in [-0.1, -0.05) is 0 Å². The molecule has 0 amide bonds. The molecule has 3 heteroatoms. The van der Waals surface area contributed by atoms with Gasteiger partial charge in [0, 0.05) is 29.7 Å². The number of rotatable bonds is 1. The Kier molecular flexibility index (Phi) is 2.87. The van der Waals surface area contributed by atoms with E-state index in [0.717, 1.165) is 24.4 Å². The fourth-order valence-corrected chi connectivity index (χ4v) is 2.71. The van der Waals surface area contributed by atoms with Crippen molar-refractivity contribution in [2.24, 2.45) is 0 Å². The van der Waals surface area contributed by atoms with Crippen LogP contribution in [-0.2, 0) is 0 Å². The summed E-state index contributed by atoms with van der Waals surface area (Å²) in [6.07, 6.45) is 1.07. The quantitative estimate of drug-likeness (QED) is 0.682. The fraction of sp³-hybridized carbons (Fsp3) is 0.583. The van der Waals surface area contributed by atoms with Crippen LogP contribution in [0.3, 0.4) is 0 Å². The Morgan fingerprint density at radius 3 is 2.40 bits per heavy atom. The van der Waals surface area contributed by atoms with Crippen molar-refractivity contribution in [2.75, 3.05) is 11.4 Å². The molecule has 2 nitrogen and oxygen atoms in total. The second-order valence-electron chi connectivity index (χ2n) is 4.44. The van der Waals surface area contributed by atoms with Crippen LogP contribution in [0.2, 0.25) is 0 Å². The number of alkyl halides is 1. The van der Waals surface area contributed by atoms with Crippen molar-refractivity contribution < 1.29 is 0 Å². The van der Waals surface area contributed by atoms with Gasteiger partial charge in [-0.25, -0.2) is 0 Å². The summed E-state index contributed by atoms with van der Waals surface area (Å²) in [5.41, 5.74) is 3.42. The van der Waals surface area contributed by atoms with E-state index < -0.39 is 0 Å². The maximum Gasteiger partial charge on any atom is 0.0530 e. The smallest absolute Gasteiger partial charge is 0.0530 e. The first-order chi connectivity index (χ1) is 7.06. The first-order valence-electron chi connectivity index (χ1n) is 5.42. The van der Waals surface area contributed by atoms with Crippen LogP contribution in [0.1, 0.15) is 24.7 Å². The minimum absolute atomic E-state index is 0.286. The molecule has 82 valence electrons. The summed E-state index contributed by atoms with van der Waals surface area (Å²) in [4.78, 5) is 6.76. The van der Waals surface area contributed by atoms with Crippen molar-refractivity contribution in [3.63, 3.8) is 0 Å². The zero-order valence-electron chi connectivity index (χ0n) is 9.50. The summed E-state index contributed by atoms with van der Waals surface area (Å²) >= 11 is 6.17. The van der Waals surface area contributed by atoms with Crippen LogP contribution in [0.4, 0.5) is 5.69 Å². The van der Waals surface area contributed by atoms with Crippen molar-refractivity contribution >= 4 is 17.3 Å². The number of hydrogen-bond donors (Lipinski definition) is 0. The van der Waals surface area contributed by atoms with Crippen LogP contribution in [0.15, 0.2) is 12.1 Å².